The van der Waals surface area contributed by atoms with Crippen molar-refractivity contribution in [1.29, 1.82) is 0 Å². The van der Waals surface area contributed by atoms with Gasteiger partial charge in [0.25, 0.3) is 0 Å². The van der Waals surface area contributed by atoms with Crippen molar-refractivity contribution in [2.75, 3.05) is 6.54 Å². The summed E-state index contributed by atoms with van der Waals surface area (Å²) in [5.74, 6) is -3.04. The summed E-state index contributed by atoms with van der Waals surface area (Å²) in [6, 6.07) is 3.35. The Morgan fingerprint density at radius 2 is 1.64 bits per heavy atom. The summed E-state index contributed by atoms with van der Waals surface area (Å²) in [6.07, 6.45) is 6.89. The second-order valence-electron chi connectivity index (χ2n) is 10.6. The highest BCUT2D eigenvalue weighted by Crippen LogP contribution is 2.19. The first-order valence-electron chi connectivity index (χ1n) is 14.3. The lowest BCUT2D eigenvalue weighted by atomic mass is 9.98. The fraction of sp³-hybridized carbons (Fsp3) is 0.483. The summed E-state index contributed by atoms with van der Waals surface area (Å²) in [5, 5.41) is 18.7. The number of fused-ring (bicyclic) bond motifs is 1. The normalized spacial score (nSPS) is 14.9. The summed E-state index contributed by atoms with van der Waals surface area (Å²) in [7, 11) is 0. The number of carboxylic acids is 1. The van der Waals surface area contributed by atoms with E-state index in [-0.39, 0.29) is 18.8 Å². The van der Waals surface area contributed by atoms with E-state index in [0.29, 0.717) is 37.9 Å². The van der Waals surface area contributed by atoms with Crippen molar-refractivity contribution < 1.29 is 24.3 Å². The first-order chi connectivity index (χ1) is 20.1. The Morgan fingerprint density at radius 1 is 0.952 bits per heavy atom. The zero-order chi connectivity index (χ0) is 30.6. The number of amides is 3. The maximum Gasteiger partial charge on any atom is 0.326 e. The number of carbonyl (C=O) groups is 4. The molecule has 0 spiro atoms. The predicted molar refractivity (Wildman–Crippen MR) is 158 cm³/mol. The highest BCUT2D eigenvalue weighted by molar-refractivity contribution is 5.95. The number of unbranched alkanes of at least 4 members (excludes halogenated alkanes) is 1. The summed E-state index contributed by atoms with van der Waals surface area (Å²) in [6.45, 7) is 4.21. The number of hydrogen-bond acceptors (Lipinski definition) is 7. The lowest BCUT2D eigenvalue weighted by Crippen LogP contribution is -2.58. The molecule has 13 heteroatoms. The fourth-order valence-corrected chi connectivity index (χ4v) is 4.63. The molecule has 5 atom stereocenters. The number of nitrogens with two attached hydrogens (primary N) is 2. The monoisotopic (exact) mass is 582 g/mol. The first kappa shape index (κ1) is 32.3. The zero-order valence-electron chi connectivity index (χ0n) is 24.1. The van der Waals surface area contributed by atoms with E-state index in [1.165, 1.54) is 12.5 Å². The Labute approximate surface area is 244 Å². The van der Waals surface area contributed by atoms with Crippen molar-refractivity contribution in [3.05, 3.63) is 54.2 Å². The number of nitrogens with zero attached hydrogens (tertiary/aromatic N) is 1. The molecule has 1 aromatic carbocycles. The zero-order valence-corrected chi connectivity index (χ0v) is 24.1. The van der Waals surface area contributed by atoms with Crippen LogP contribution in [0.25, 0.3) is 10.9 Å². The van der Waals surface area contributed by atoms with Gasteiger partial charge in [0.05, 0.1) is 12.4 Å². The molecule has 228 valence electrons. The second kappa shape index (κ2) is 15.7. The highest BCUT2D eigenvalue weighted by atomic mass is 16.4. The van der Waals surface area contributed by atoms with E-state index in [1.54, 1.807) is 6.20 Å². The number of benzene rings is 1. The van der Waals surface area contributed by atoms with Crippen LogP contribution in [0.5, 0.6) is 0 Å². The third kappa shape index (κ3) is 8.88. The minimum absolute atomic E-state index is 0.0277. The third-order valence-electron chi connectivity index (χ3n) is 7.47. The third-order valence-corrected chi connectivity index (χ3v) is 7.47. The lowest BCUT2D eigenvalue weighted by Gasteiger charge is -2.26. The van der Waals surface area contributed by atoms with Gasteiger partial charge in [-0.1, -0.05) is 38.5 Å². The second-order valence-corrected chi connectivity index (χ2v) is 10.6. The van der Waals surface area contributed by atoms with Crippen LogP contribution in [-0.4, -0.2) is 74.5 Å². The van der Waals surface area contributed by atoms with Crippen LogP contribution in [-0.2, 0) is 32.0 Å². The minimum Gasteiger partial charge on any atom is -0.480 e. The topological polar surface area (TPSA) is 221 Å². The number of nitrogens with one attached hydrogen (secondary N) is 5. The number of aliphatic carboxylic acids is 1. The van der Waals surface area contributed by atoms with E-state index >= 15 is 0 Å². The van der Waals surface area contributed by atoms with Crippen molar-refractivity contribution >= 4 is 34.6 Å². The number of para-hydroxylation sites is 1. The number of aromatic amines is 2. The van der Waals surface area contributed by atoms with Crippen molar-refractivity contribution in [3.8, 4) is 0 Å². The Kier molecular flexibility index (Phi) is 12.1. The molecule has 0 radical (unpaired) electrons. The quantitative estimate of drug-likeness (QED) is 0.106. The van der Waals surface area contributed by atoms with E-state index in [2.05, 4.69) is 30.9 Å². The highest BCUT2D eigenvalue weighted by Gasteiger charge is 2.31. The van der Waals surface area contributed by atoms with Crippen LogP contribution in [0.3, 0.4) is 0 Å². The van der Waals surface area contributed by atoms with E-state index in [9.17, 15) is 24.3 Å². The molecule has 0 saturated carbocycles. The standard InChI is InChI=1S/C29H42N8O5/c1-3-17(2)25(31)28(40)35-22(10-6-7-11-30)26(38)36-23(12-18-14-33-21-9-5-4-8-20(18)21)27(39)37-24(29(41)42)13-19-15-32-16-34-19/h4-5,8-9,14-17,22-25,33H,3,6-7,10-13,30-31H2,1-2H3,(H,32,34)(H,35,40)(H,36,38)(H,37,39)(H,41,42). The molecule has 3 aromatic rings. The van der Waals surface area contributed by atoms with Gasteiger partial charge in [0, 0.05) is 41.8 Å². The number of carboxylic acid groups (broad SMARTS) is 1. The number of carbonyl (C=O) groups excluding carboxylic acids is 3. The largest absolute Gasteiger partial charge is 0.480 e. The maximum atomic E-state index is 13.6. The van der Waals surface area contributed by atoms with E-state index in [4.69, 9.17) is 11.5 Å². The van der Waals surface area contributed by atoms with Crippen LogP contribution >= 0.6 is 0 Å². The van der Waals surface area contributed by atoms with Gasteiger partial charge < -0.3 is 42.5 Å². The molecular weight excluding hydrogens is 540 g/mol. The van der Waals surface area contributed by atoms with Gasteiger partial charge in [-0.15, -0.1) is 0 Å². The summed E-state index contributed by atoms with van der Waals surface area (Å²) >= 11 is 0. The smallest absolute Gasteiger partial charge is 0.326 e. The Hall–Kier alpha value is -4.23. The van der Waals surface area contributed by atoms with Gasteiger partial charge in [0.15, 0.2) is 0 Å². The Bertz CT molecular complexity index is 1320. The molecule has 0 aliphatic carbocycles. The minimum atomic E-state index is -1.27. The Balaban J connectivity index is 1.85. The van der Waals surface area contributed by atoms with E-state index in [1.807, 2.05) is 38.1 Å². The van der Waals surface area contributed by atoms with Crippen LogP contribution in [0, 0.1) is 5.92 Å². The van der Waals surface area contributed by atoms with Crippen molar-refractivity contribution in [1.82, 2.24) is 30.9 Å². The number of aromatic nitrogens is 3. The molecule has 0 saturated heterocycles. The van der Waals surface area contributed by atoms with E-state index in [0.717, 1.165) is 16.5 Å². The van der Waals surface area contributed by atoms with Crippen LogP contribution in [0.2, 0.25) is 0 Å². The Morgan fingerprint density at radius 3 is 2.31 bits per heavy atom. The lowest BCUT2D eigenvalue weighted by molar-refractivity contribution is -0.142. The average Bonchev–Trinajstić information content (AvgIpc) is 3.65. The van der Waals surface area contributed by atoms with Crippen LogP contribution < -0.4 is 27.4 Å². The molecule has 0 aliphatic rings. The molecule has 3 rings (SSSR count). The first-order valence-corrected chi connectivity index (χ1v) is 14.3. The molecule has 2 aromatic heterocycles. The molecule has 2 heterocycles. The molecule has 42 heavy (non-hydrogen) atoms. The molecule has 10 N–H and O–H groups in total. The summed E-state index contributed by atoms with van der Waals surface area (Å²) in [4.78, 5) is 62.0. The van der Waals surface area contributed by atoms with Crippen LogP contribution in [0.15, 0.2) is 43.0 Å². The summed E-state index contributed by atoms with van der Waals surface area (Å²) in [5.41, 5.74) is 13.9. The summed E-state index contributed by atoms with van der Waals surface area (Å²) < 4.78 is 0. The molecule has 3 amide bonds. The number of rotatable bonds is 17. The SMILES string of the molecule is CCC(C)C(N)C(=O)NC(CCCCN)C(=O)NC(Cc1c[nH]c2ccccc12)C(=O)NC(Cc1cnc[nH]1)C(=O)O. The number of imidazole rings is 1. The average molecular weight is 583 g/mol. The predicted octanol–water partition coefficient (Wildman–Crippen LogP) is 0.718. The molecule has 13 nitrogen and oxygen atoms in total. The number of H-pyrrole nitrogens is 2. The molecular formula is C29H42N8O5. The van der Waals surface area contributed by atoms with E-state index < -0.39 is 47.9 Å². The van der Waals surface area contributed by atoms with Crippen molar-refractivity contribution in [2.24, 2.45) is 17.4 Å². The number of hydrogen-bond donors (Lipinski definition) is 8. The van der Waals surface area contributed by atoms with Gasteiger partial charge in [-0.05, 0) is 43.4 Å². The van der Waals surface area contributed by atoms with Gasteiger partial charge >= 0.3 is 5.97 Å². The molecule has 5 unspecified atom stereocenters. The van der Waals surface area contributed by atoms with Crippen LogP contribution in [0.4, 0.5) is 0 Å². The fourth-order valence-electron chi connectivity index (χ4n) is 4.63. The van der Waals surface area contributed by atoms with Gasteiger partial charge in [0.2, 0.25) is 17.7 Å². The van der Waals surface area contributed by atoms with Crippen molar-refractivity contribution in [2.45, 2.75) is 76.5 Å². The maximum absolute atomic E-state index is 13.6. The van der Waals surface area contributed by atoms with Gasteiger partial charge in [-0.2, -0.15) is 0 Å². The van der Waals surface area contributed by atoms with Gasteiger partial charge in [0.1, 0.15) is 18.1 Å². The molecule has 0 aliphatic heterocycles. The molecule has 0 fully saturated rings. The molecule has 0 bridgehead atoms. The van der Waals surface area contributed by atoms with Crippen LogP contribution in [0.1, 0.15) is 50.8 Å². The van der Waals surface area contributed by atoms with Crippen molar-refractivity contribution in [3.63, 3.8) is 0 Å². The van der Waals surface area contributed by atoms with Gasteiger partial charge in [-0.3, -0.25) is 14.4 Å². The van der Waals surface area contributed by atoms with Gasteiger partial charge in [-0.25, -0.2) is 9.78 Å².